The Morgan fingerprint density at radius 2 is 1.73 bits per heavy atom. The highest BCUT2D eigenvalue weighted by Crippen LogP contribution is 2.35. The lowest BCUT2D eigenvalue weighted by molar-refractivity contribution is 0.102. The summed E-state index contributed by atoms with van der Waals surface area (Å²) in [6.45, 7) is 5.23. The van der Waals surface area contributed by atoms with Crippen LogP contribution >= 0.6 is 0 Å². The molecule has 0 atom stereocenters. The minimum atomic E-state index is -0.261. The highest BCUT2D eigenvalue weighted by Gasteiger charge is 2.25. The Morgan fingerprint density at radius 3 is 2.42 bits per heavy atom. The molecule has 0 saturated carbocycles. The van der Waals surface area contributed by atoms with E-state index in [-0.39, 0.29) is 11.3 Å². The van der Waals surface area contributed by atoms with Crippen molar-refractivity contribution in [2.24, 2.45) is 5.41 Å². The Hall–Kier alpha value is -2.89. The van der Waals surface area contributed by atoms with Crippen molar-refractivity contribution in [1.29, 1.82) is 0 Å². The van der Waals surface area contributed by atoms with Crippen LogP contribution in [0.15, 0.2) is 36.4 Å². The van der Waals surface area contributed by atoms with Crippen LogP contribution in [0, 0.1) is 5.41 Å². The van der Waals surface area contributed by atoms with Crippen LogP contribution in [-0.4, -0.2) is 33.3 Å². The maximum absolute atomic E-state index is 12.6. The van der Waals surface area contributed by atoms with E-state index in [0.717, 1.165) is 0 Å². The number of rotatable bonds is 4. The average molecular weight is 357 g/mol. The predicted octanol–water partition coefficient (Wildman–Crippen LogP) is 3.75. The molecular weight excluding hydrogens is 334 g/mol. The fourth-order valence-electron chi connectivity index (χ4n) is 2.57. The SMILES string of the molecule is COc1ccc(NC(=O)c2ccc3c(c2)OCC(C)(C)CO3)c(OC)c1. The zero-order valence-corrected chi connectivity index (χ0v) is 15.4. The molecule has 1 amide bonds. The first-order valence-electron chi connectivity index (χ1n) is 8.35. The van der Waals surface area contributed by atoms with Gasteiger partial charge in [-0.2, -0.15) is 0 Å². The second-order valence-electron chi connectivity index (χ2n) is 6.92. The molecular formula is C20H23NO5. The molecule has 0 spiro atoms. The first kappa shape index (κ1) is 17.9. The summed E-state index contributed by atoms with van der Waals surface area (Å²) in [5.41, 5.74) is 0.953. The zero-order valence-electron chi connectivity index (χ0n) is 15.4. The van der Waals surface area contributed by atoms with Gasteiger partial charge in [-0.15, -0.1) is 0 Å². The molecule has 0 fully saturated rings. The molecule has 0 saturated heterocycles. The van der Waals surface area contributed by atoms with Crippen LogP contribution in [0.25, 0.3) is 0 Å². The minimum Gasteiger partial charge on any atom is -0.497 e. The van der Waals surface area contributed by atoms with Crippen molar-refractivity contribution in [3.8, 4) is 23.0 Å². The molecule has 3 rings (SSSR count). The topological polar surface area (TPSA) is 66.0 Å². The number of carbonyl (C=O) groups excluding carboxylic acids is 1. The normalized spacial score (nSPS) is 14.9. The molecule has 1 N–H and O–H groups in total. The van der Waals surface area contributed by atoms with Gasteiger partial charge in [0.15, 0.2) is 11.5 Å². The van der Waals surface area contributed by atoms with Gasteiger partial charge in [0.1, 0.15) is 11.5 Å². The van der Waals surface area contributed by atoms with Crippen LogP contribution < -0.4 is 24.3 Å². The van der Waals surface area contributed by atoms with Gasteiger partial charge >= 0.3 is 0 Å². The Morgan fingerprint density at radius 1 is 1.00 bits per heavy atom. The fraction of sp³-hybridized carbons (Fsp3) is 0.350. The quantitative estimate of drug-likeness (QED) is 0.903. The van der Waals surface area contributed by atoms with Crippen LogP contribution in [0.4, 0.5) is 5.69 Å². The van der Waals surface area contributed by atoms with Gasteiger partial charge in [-0.05, 0) is 30.3 Å². The number of ether oxygens (including phenoxy) is 4. The van der Waals surface area contributed by atoms with Crippen molar-refractivity contribution in [3.05, 3.63) is 42.0 Å². The van der Waals surface area contributed by atoms with Gasteiger partial charge in [0, 0.05) is 17.0 Å². The molecule has 0 radical (unpaired) electrons. The molecule has 6 heteroatoms. The van der Waals surface area contributed by atoms with E-state index in [9.17, 15) is 4.79 Å². The summed E-state index contributed by atoms with van der Waals surface area (Å²) >= 11 is 0. The molecule has 0 aliphatic carbocycles. The van der Waals surface area contributed by atoms with E-state index >= 15 is 0 Å². The lowest BCUT2D eigenvalue weighted by Gasteiger charge is -2.19. The van der Waals surface area contributed by atoms with E-state index < -0.39 is 0 Å². The maximum atomic E-state index is 12.6. The Balaban J connectivity index is 1.80. The smallest absolute Gasteiger partial charge is 0.255 e. The van der Waals surface area contributed by atoms with Crippen LogP contribution in [0.3, 0.4) is 0 Å². The highest BCUT2D eigenvalue weighted by molar-refractivity contribution is 6.05. The van der Waals surface area contributed by atoms with Gasteiger partial charge in [-0.1, -0.05) is 13.8 Å². The third-order valence-corrected chi connectivity index (χ3v) is 4.10. The Kier molecular flexibility index (Phi) is 4.93. The fourth-order valence-corrected chi connectivity index (χ4v) is 2.57. The molecule has 26 heavy (non-hydrogen) atoms. The highest BCUT2D eigenvalue weighted by atomic mass is 16.5. The third kappa shape index (κ3) is 3.85. The number of methoxy groups -OCH3 is 2. The largest absolute Gasteiger partial charge is 0.497 e. The second-order valence-corrected chi connectivity index (χ2v) is 6.92. The molecule has 0 aromatic heterocycles. The molecule has 6 nitrogen and oxygen atoms in total. The van der Waals surface area contributed by atoms with E-state index in [0.29, 0.717) is 47.5 Å². The third-order valence-electron chi connectivity index (χ3n) is 4.10. The van der Waals surface area contributed by atoms with Gasteiger partial charge in [-0.25, -0.2) is 0 Å². The number of fused-ring (bicyclic) bond motifs is 1. The van der Waals surface area contributed by atoms with Gasteiger partial charge in [0.05, 0.1) is 33.1 Å². The van der Waals surface area contributed by atoms with Crippen LogP contribution in [0.5, 0.6) is 23.0 Å². The van der Waals surface area contributed by atoms with Crippen LogP contribution in [0.1, 0.15) is 24.2 Å². The Bertz CT molecular complexity index is 816. The number of hydrogen-bond donors (Lipinski definition) is 1. The van der Waals surface area contributed by atoms with E-state index in [4.69, 9.17) is 18.9 Å². The van der Waals surface area contributed by atoms with Crippen molar-refractivity contribution in [3.63, 3.8) is 0 Å². The lowest BCUT2D eigenvalue weighted by Crippen LogP contribution is -2.26. The zero-order chi connectivity index (χ0) is 18.7. The summed E-state index contributed by atoms with van der Waals surface area (Å²) in [7, 11) is 3.12. The molecule has 1 aliphatic rings. The molecule has 1 aliphatic heterocycles. The average Bonchev–Trinajstić information content (AvgIpc) is 2.80. The van der Waals surface area contributed by atoms with Gasteiger partial charge in [0.25, 0.3) is 5.91 Å². The second kappa shape index (κ2) is 7.15. The van der Waals surface area contributed by atoms with Gasteiger partial charge < -0.3 is 24.3 Å². The van der Waals surface area contributed by atoms with Crippen LogP contribution in [-0.2, 0) is 0 Å². The summed E-state index contributed by atoms with van der Waals surface area (Å²) in [5, 5.41) is 2.85. The molecule has 1 heterocycles. The van der Waals surface area contributed by atoms with Crippen molar-refractivity contribution in [1.82, 2.24) is 0 Å². The van der Waals surface area contributed by atoms with E-state index in [1.54, 1.807) is 50.6 Å². The first-order valence-corrected chi connectivity index (χ1v) is 8.35. The predicted molar refractivity (Wildman–Crippen MR) is 98.7 cm³/mol. The van der Waals surface area contributed by atoms with Gasteiger partial charge in [-0.3, -0.25) is 4.79 Å². The molecule has 2 aromatic carbocycles. The number of anilines is 1. The monoisotopic (exact) mass is 357 g/mol. The molecule has 2 aromatic rings. The minimum absolute atomic E-state index is 0.0854. The first-order chi connectivity index (χ1) is 12.4. The van der Waals surface area contributed by atoms with E-state index in [1.807, 2.05) is 0 Å². The lowest BCUT2D eigenvalue weighted by atomic mass is 9.97. The molecule has 0 unspecified atom stereocenters. The standard InChI is InChI=1S/C20H23NO5/c1-20(2)11-25-16-8-5-13(9-18(16)26-12-20)19(22)21-15-7-6-14(23-3)10-17(15)24-4/h5-10H,11-12H2,1-4H3,(H,21,22). The van der Waals surface area contributed by atoms with Crippen molar-refractivity contribution in [2.75, 3.05) is 32.8 Å². The van der Waals surface area contributed by atoms with Gasteiger partial charge in [0.2, 0.25) is 0 Å². The molecule has 0 bridgehead atoms. The van der Waals surface area contributed by atoms with Crippen molar-refractivity contribution in [2.45, 2.75) is 13.8 Å². The number of hydrogen-bond acceptors (Lipinski definition) is 5. The number of carbonyl (C=O) groups is 1. The Labute approximate surface area is 153 Å². The summed E-state index contributed by atoms with van der Waals surface area (Å²) in [5.74, 6) is 2.13. The summed E-state index contributed by atoms with van der Waals surface area (Å²) in [6.07, 6.45) is 0. The van der Waals surface area contributed by atoms with Crippen molar-refractivity contribution < 1.29 is 23.7 Å². The number of amides is 1. The van der Waals surface area contributed by atoms with E-state index in [1.165, 1.54) is 0 Å². The summed E-state index contributed by atoms with van der Waals surface area (Å²) in [6, 6.07) is 10.4. The number of nitrogens with one attached hydrogen (secondary N) is 1. The summed E-state index contributed by atoms with van der Waals surface area (Å²) in [4.78, 5) is 12.6. The van der Waals surface area contributed by atoms with E-state index in [2.05, 4.69) is 19.2 Å². The maximum Gasteiger partial charge on any atom is 0.255 e. The summed E-state index contributed by atoms with van der Waals surface area (Å²) < 4.78 is 22.1. The molecule has 138 valence electrons. The number of benzene rings is 2. The van der Waals surface area contributed by atoms with Crippen LogP contribution in [0.2, 0.25) is 0 Å². The van der Waals surface area contributed by atoms with Crippen molar-refractivity contribution >= 4 is 11.6 Å².